The van der Waals surface area contributed by atoms with Crippen molar-refractivity contribution >= 4 is 7.82 Å². The molecule has 0 aromatic carbocycles. The molecule has 0 heterocycles. The van der Waals surface area contributed by atoms with E-state index in [4.69, 9.17) is 24.0 Å². The van der Waals surface area contributed by atoms with Gasteiger partial charge < -0.3 is 24.0 Å². The molecule has 8 heteroatoms. The van der Waals surface area contributed by atoms with Crippen molar-refractivity contribution in [2.75, 3.05) is 46.2 Å². The third kappa shape index (κ3) is 24.0. The Morgan fingerprint density at radius 3 is 1.48 bits per heavy atom. The molecule has 0 spiro atoms. The smallest absolute Gasteiger partial charge is 0.379 e. The molecule has 0 saturated carbocycles. The van der Waals surface area contributed by atoms with Crippen LogP contribution in [0.3, 0.4) is 0 Å². The van der Waals surface area contributed by atoms with Gasteiger partial charge in [-0.1, -0.05) is 58.3 Å². The van der Waals surface area contributed by atoms with Crippen molar-refractivity contribution in [3.05, 3.63) is 0 Å². The number of hydrogen-bond donors (Lipinski definition) is 2. The molecular formula is C17H37O7P. The standard InChI is InChI=1S/C17H37O7P/c1-2-3-4-5-6-7-8-9-10-11-21-12-13-22-14-15-23-16-17-24-25(18,19)20/h2-17H2,1H3,(H2,18,19,20). The van der Waals surface area contributed by atoms with E-state index in [-0.39, 0.29) is 13.2 Å². The Hall–Kier alpha value is -0.0100. The van der Waals surface area contributed by atoms with Crippen LogP contribution < -0.4 is 0 Å². The summed E-state index contributed by atoms with van der Waals surface area (Å²) in [6, 6.07) is 0. The van der Waals surface area contributed by atoms with Gasteiger partial charge >= 0.3 is 7.82 Å². The van der Waals surface area contributed by atoms with Gasteiger partial charge in [-0.15, -0.1) is 0 Å². The van der Waals surface area contributed by atoms with E-state index in [1.165, 1.54) is 51.4 Å². The molecular weight excluding hydrogens is 347 g/mol. The molecule has 0 atom stereocenters. The largest absolute Gasteiger partial charge is 0.469 e. The van der Waals surface area contributed by atoms with Crippen molar-refractivity contribution in [2.45, 2.75) is 64.7 Å². The molecule has 0 amide bonds. The Labute approximate surface area is 152 Å². The van der Waals surface area contributed by atoms with E-state index in [9.17, 15) is 4.57 Å². The van der Waals surface area contributed by atoms with E-state index in [1.807, 2.05) is 0 Å². The molecule has 0 aliphatic carbocycles. The van der Waals surface area contributed by atoms with E-state index in [0.29, 0.717) is 26.4 Å². The molecule has 0 aromatic heterocycles. The van der Waals surface area contributed by atoms with Crippen LogP contribution in [0.2, 0.25) is 0 Å². The molecule has 0 bridgehead atoms. The fraction of sp³-hybridized carbons (Fsp3) is 1.00. The summed E-state index contributed by atoms with van der Waals surface area (Å²) < 4.78 is 30.6. The second kappa shape index (κ2) is 18.8. The van der Waals surface area contributed by atoms with Crippen LogP contribution in [0.1, 0.15) is 64.7 Å². The summed E-state index contributed by atoms with van der Waals surface area (Å²) in [7, 11) is -4.39. The van der Waals surface area contributed by atoms with Crippen LogP contribution in [-0.2, 0) is 23.3 Å². The Morgan fingerprint density at radius 1 is 0.600 bits per heavy atom. The van der Waals surface area contributed by atoms with Gasteiger partial charge in [-0.3, -0.25) is 4.52 Å². The first kappa shape index (κ1) is 25.0. The zero-order valence-electron chi connectivity index (χ0n) is 15.7. The lowest BCUT2D eigenvalue weighted by Crippen LogP contribution is -2.11. The summed E-state index contributed by atoms with van der Waals surface area (Å²) >= 11 is 0. The minimum absolute atomic E-state index is 0.129. The molecule has 0 radical (unpaired) electrons. The van der Waals surface area contributed by atoms with Crippen LogP contribution in [-0.4, -0.2) is 56.0 Å². The van der Waals surface area contributed by atoms with E-state index in [2.05, 4.69) is 11.4 Å². The summed E-state index contributed by atoms with van der Waals surface area (Å²) in [4.78, 5) is 16.9. The highest BCUT2D eigenvalue weighted by Crippen LogP contribution is 2.35. The van der Waals surface area contributed by atoms with Crippen molar-refractivity contribution in [3.8, 4) is 0 Å². The lowest BCUT2D eigenvalue weighted by Gasteiger charge is -2.08. The predicted molar refractivity (Wildman–Crippen MR) is 97.7 cm³/mol. The van der Waals surface area contributed by atoms with Crippen LogP contribution in [0.4, 0.5) is 0 Å². The Bertz CT molecular complexity index is 309. The van der Waals surface area contributed by atoms with Crippen molar-refractivity contribution < 1.29 is 33.1 Å². The topological polar surface area (TPSA) is 94.5 Å². The van der Waals surface area contributed by atoms with Crippen LogP contribution >= 0.6 is 7.82 Å². The van der Waals surface area contributed by atoms with Gasteiger partial charge in [0.15, 0.2) is 0 Å². The Balaban J connectivity index is 3.02. The monoisotopic (exact) mass is 384 g/mol. The summed E-state index contributed by atoms with van der Waals surface area (Å²) in [5.41, 5.74) is 0. The van der Waals surface area contributed by atoms with Gasteiger partial charge in [0.2, 0.25) is 0 Å². The lowest BCUT2D eigenvalue weighted by molar-refractivity contribution is 0.00702. The Morgan fingerprint density at radius 2 is 1.00 bits per heavy atom. The molecule has 0 unspecified atom stereocenters. The third-order valence-electron chi connectivity index (χ3n) is 3.62. The average molecular weight is 384 g/mol. The van der Waals surface area contributed by atoms with E-state index in [1.54, 1.807) is 0 Å². The van der Waals surface area contributed by atoms with Gasteiger partial charge in [-0.25, -0.2) is 4.57 Å². The summed E-state index contributed by atoms with van der Waals surface area (Å²) in [5.74, 6) is 0. The van der Waals surface area contributed by atoms with Gasteiger partial charge in [0, 0.05) is 6.61 Å². The number of ether oxygens (including phenoxy) is 3. The molecule has 0 aliphatic rings. The zero-order chi connectivity index (χ0) is 18.6. The predicted octanol–water partition coefficient (Wildman–Crippen LogP) is 3.68. The highest BCUT2D eigenvalue weighted by molar-refractivity contribution is 7.46. The normalized spacial score (nSPS) is 12.0. The second-order valence-corrected chi connectivity index (χ2v) is 7.23. The van der Waals surface area contributed by atoms with Gasteiger partial charge in [0.1, 0.15) is 0 Å². The molecule has 25 heavy (non-hydrogen) atoms. The number of unbranched alkanes of at least 4 members (excludes halogenated alkanes) is 8. The van der Waals surface area contributed by atoms with Crippen molar-refractivity contribution in [1.29, 1.82) is 0 Å². The maximum absolute atomic E-state index is 10.4. The quantitative estimate of drug-likeness (QED) is 0.244. The van der Waals surface area contributed by atoms with Crippen molar-refractivity contribution in [1.82, 2.24) is 0 Å². The summed E-state index contributed by atoms with van der Waals surface area (Å²) in [6.07, 6.45) is 11.8. The molecule has 152 valence electrons. The summed E-state index contributed by atoms with van der Waals surface area (Å²) in [6.45, 7) is 4.93. The van der Waals surface area contributed by atoms with Gasteiger partial charge in [-0.05, 0) is 6.42 Å². The molecule has 0 rings (SSSR count). The van der Waals surface area contributed by atoms with E-state index >= 15 is 0 Å². The number of hydrogen-bond acceptors (Lipinski definition) is 5. The van der Waals surface area contributed by atoms with Crippen LogP contribution in [0.15, 0.2) is 0 Å². The van der Waals surface area contributed by atoms with Crippen LogP contribution in [0.5, 0.6) is 0 Å². The molecule has 0 aromatic rings. The number of phosphoric ester groups is 1. The molecule has 7 nitrogen and oxygen atoms in total. The van der Waals surface area contributed by atoms with Gasteiger partial charge in [-0.2, -0.15) is 0 Å². The van der Waals surface area contributed by atoms with Gasteiger partial charge in [0.25, 0.3) is 0 Å². The van der Waals surface area contributed by atoms with E-state index in [0.717, 1.165) is 13.0 Å². The molecule has 0 aliphatic heterocycles. The maximum Gasteiger partial charge on any atom is 0.469 e. The minimum atomic E-state index is -4.39. The number of rotatable bonds is 20. The molecule has 2 N–H and O–H groups in total. The third-order valence-corrected chi connectivity index (χ3v) is 4.14. The van der Waals surface area contributed by atoms with Crippen LogP contribution in [0.25, 0.3) is 0 Å². The zero-order valence-corrected chi connectivity index (χ0v) is 16.6. The minimum Gasteiger partial charge on any atom is -0.379 e. The first-order valence-corrected chi connectivity index (χ1v) is 11.0. The highest BCUT2D eigenvalue weighted by atomic mass is 31.2. The first-order valence-electron chi connectivity index (χ1n) is 9.49. The van der Waals surface area contributed by atoms with Gasteiger partial charge in [0.05, 0.1) is 39.6 Å². The SMILES string of the molecule is CCCCCCCCCCCOCCOCCOCCOP(=O)(O)O. The lowest BCUT2D eigenvalue weighted by atomic mass is 10.1. The summed E-state index contributed by atoms with van der Waals surface area (Å²) in [5, 5.41) is 0. The Kier molecular flexibility index (Phi) is 18.8. The fourth-order valence-electron chi connectivity index (χ4n) is 2.27. The maximum atomic E-state index is 10.4. The average Bonchev–Trinajstić information content (AvgIpc) is 2.56. The fourth-order valence-corrected chi connectivity index (χ4v) is 2.58. The highest BCUT2D eigenvalue weighted by Gasteiger charge is 2.12. The first-order chi connectivity index (χ1) is 12.1. The molecule has 0 fully saturated rings. The van der Waals surface area contributed by atoms with E-state index < -0.39 is 7.82 Å². The second-order valence-electron chi connectivity index (χ2n) is 5.99. The van der Waals surface area contributed by atoms with Crippen LogP contribution in [0, 0.1) is 0 Å². The number of phosphoric acid groups is 1. The molecule has 0 saturated heterocycles. The van der Waals surface area contributed by atoms with Crippen molar-refractivity contribution in [2.24, 2.45) is 0 Å². The van der Waals surface area contributed by atoms with Crippen molar-refractivity contribution in [3.63, 3.8) is 0 Å².